The molecule has 0 bridgehead atoms. The summed E-state index contributed by atoms with van der Waals surface area (Å²) in [6.07, 6.45) is 1.72. The summed E-state index contributed by atoms with van der Waals surface area (Å²) in [7, 11) is 0. The molecule has 0 radical (unpaired) electrons. The van der Waals surface area contributed by atoms with Crippen LogP contribution in [-0.4, -0.2) is 28.0 Å². The highest BCUT2D eigenvalue weighted by molar-refractivity contribution is 7.17. The van der Waals surface area contributed by atoms with Gasteiger partial charge in [-0.25, -0.2) is 4.98 Å². The molecule has 7 heteroatoms. The van der Waals surface area contributed by atoms with E-state index in [0.717, 1.165) is 11.1 Å². The Morgan fingerprint density at radius 1 is 1.35 bits per heavy atom. The molecule has 0 aliphatic rings. The van der Waals surface area contributed by atoms with E-state index in [1.165, 1.54) is 27.8 Å². The Balaban J connectivity index is 1.88. The molecule has 1 atom stereocenters. The maximum atomic E-state index is 12.9. The van der Waals surface area contributed by atoms with Crippen LogP contribution >= 0.6 is 11.3 Å². The van der Waals surface area contributed by atoms with E-state index in [4.69, 9.17) is 5.73 Å². The van der Waals surface area contributed by atoms with Crippen LogP contribution < -0.4 is 16.6 Å². The molecule has 136 valence electrons. The second-order valence-corrected chi connectivity index (χ2v) is 7.25. The summed E-state index contributed by atoms with van der Waals surface area (Å²) in [5.74, 6) is -0.126. The van der Waals surface area contributed by atoms with E-state index in [1.807, 2.05) is 43.5 Å². The summed E-state index contributed by atoms with van der Waals surface area (Å²) < 4.78 is 1.50. The summed E-state index contributed by atoms with van der Waals surface area (Å²) >= 11 is 1.45. The molecule has 3 rings (SSSR count). The first-order valence-corrected chi connectivity index (χ1v) is 9.40. The highest BCUT2D eigenvalue weighted by atomic mass is 32.1. The van der Waals surface area contributed by atoms with Crippen LogP contribution in [0.15, 0.2) is 40.8 Å². The largest absolute Gasteiger partial charge is 0.352 e. The molecule has 3 aromatic rings. The van der Waals surface area contributed by atoms with Gasteiger partial charge in [-0.15, -0.1) is 11.3 Å². The number of amides is 1. The summed E-state index contributed by atoms with van der Waals surface area (Å²) in [5, 5.41) is 5.37. The molecule has 0 aliphatic heterocycles. The van der Waals surface area contributed by atoms with Crippen LogP contribution in [0.1, 0.15) is 18.9 Å². The van der Waals surface area contributed by atoms with E-state index in [1.54, 1.807) is 0 Å². The van der Waals surface area contributed by atoms with Crippen LogP contribution in [0.3, 0.4) is 0 Å². The lowest BCUT2D eigenvalue weighted by molar-refractivity contribution is -0.121. The van der Waals surface area contributed by atoms with Gasteiger partial charge in [0.25, 0.3) is 5.56 Å². The molecule has 6 nitrogen and oxygen atoms in total. The summed E-state index contributed by atoms with van der Waals surface area (Å²) in [6, 6.07) is 7.99. The minimum atomic E-state index is -0.126. The lowest BCUT2D eigenvalue weighted by Crippen LogP contribution is -2.38. The molecule has 2 heterocycles. The summed E-state index contributed by atoms with van der Waals surface area (Å²) in [4.78, 5) is 30.0. The molecule has 0 fully saturated rings. The standard InChI is InChI=1S/C19H22N4O2S/c1-12-3-5-14(6-4-12)15-10-26-18-17(15)19(25)23(11-21-18)8-7-16(24)22-13(2)9-20/h3-6,10-11,13H,7-9,20H2,1-2H3,(H,22,24)/t13-/m0/s1. The topological polar surface area (TPSA) is 90.0 Å². The predicted octanol–water partition coefficient (Wildman–Crippen LogP) is 2.29. The van der Waals surface area contributed by atoms with E-state index in [0.29, 0.717) is 16.8 Å². The third-order valence-corrected chi connectivity index (χ3v) is 5.15. The average molecular weight is 370 g/mol. The van der Waals surface area contributed by atoms with Crippen molar-refractivity contribution < 1.29 is 4.79 Å². The molecule has 26 heavy (non-hydrogen) atoms. The number of hydrogen-bond acceptors (Lipinski definition) is 5. The van der Waals surface area contributed by atoms with Crippen molar-refractivity contribution >= 4 is 27.5 Å². The smallest absolute Gasteiger partial charge is 0.262 e. The Bertz CT molecular complexity index is 975. The minimum absolute atomic E-state index is 0.0789. The molecule has 1 aromatic carbocycles. The number of thiophene rings is 1. The number of nitrogens with one attached hydrogen (secondary N) is 1. The molecular weight excluding hydrogens is 348 g/mol. The van der Waals surface area contributed by atoms with Crippen LogP contribution in [0, 0.1) is 6.92 Å². The first-order chi connectivity index (χ1) is 12.5. The first-order valence-electron chi connectivity index (χ1n) is 8.52. The lowest BCUT2D eigenvalue weighted by atomic mass is 10.1. The van der Waals surface area contributed by atoms with Gasteiger partial charge >= 0.3 is 0 Å². The van der Waals surface area contributed by atoms with Crippen molar-refractivity contribution in [1.29, 1.82) is 0 Å². The number of carbonyl (C=O) groups excluding carboxylic acids is 1. The van der Waals surface area contributed by atoms with Crippen LogP contribution in [0.4, 0.5) is 0 Å². The SMILES string of the molecule is Cc1ccc(-c2csc3ncn(CCC(=O)N[C@@H](C)CN)c(=O)c23)cc1. The number of nitrogens with two attached hydrogens (primary N) is 1. The highest BCUT2D eigenvalue weighted by Gasteiger charge is 2.14. The second-order valence-electron chi connectivity index (χ2n) is 6.39. The zero-order chi connectivity index (χ0) is 18.7. The second kappa shape index (κ2) is 7.80. The fourth-order valence-corrected chi connectivity index (χ4v) is 3.61. The summed E-state index contributed by atoms with van der Waals surface area (Å²) in [5.41, 5.74) is 8.43. The van der Waals surface area contributed by atoms with Crippen LogP contribution in [0.5, 0.6) is 0 Å². The van der Waals surface area contributed by atoms with Crippen molar-refractivity contribution in [2.75, 3.05) is 6.54 Å². The molecular formula is C19H22N4O2S. The van der Waals surface area contributed by atoms with Crippen molar-refractivity contribution in [1.82, 2.24) is 14.9 Å². The van der Waals surface area contributed by atoms with Crippen molar-refractivity contribution in [3.05, 3.63) is 51.9 Å². The number of rotatable bonds is 6. The number of aryl methyl sites for hydroxylation is 2. The van der Waals surface area contributed by atoms with Gasteiger partial charge < -0.3 is 11.1 Å². The Morgan fingerprint density at radius 3 is 2.77 bits per heavy atom. The number of carbonyl (C=O) groups is 1. The van der Waals surface area contributed by atoms with Crippen molar-refractivity contribution in [3.8, 4) is 11.1 Å². The quantitative estimate of drug-likeness (QED) is 0.697. The molecule has 0 spiro atoms. The van der Waals surface area contributed by atoms with E-state index < -0.39 is 0 Å². The van der Waals surface area contributed by atoms with Gasteiger partial charge in [-0.05, 0) is 19.4 Å². The maximum absolute atomic E-state index is 12.9. The third-order valence-electron chi connectivity index (χ3n) is 4.26. The van der Waals surface area contributed by atoms with E-state index in [2.05, 4.69) is 10.3 Å². The number of hydrogen-bond donors (Lipinski definition) is 2. The molecule has 3 N–H and O–H groups in total. The number of fused-ring (bicyclic) bond motifs is 1. The molecule has 0 aliphatic carbocycles. The van der Waals surface area contributed by atoms with Gasteiger partial charge in [0.2, 0.25) is 5.91 Å². The van der Waals surface area contributed by atoms with E-state index in [9.17, 15) is 9.59 Å². The fraction of sp³-hybridized carbons (Fsp3) is 0.316. The Labute approximate surface area is 155 Å². The Morgan fingerprint density at radius 2 is 2.08 bits per heavy atom. The van der Waals surface area contributed by atoms with Crippen molar-refractivity contribution in [3.63, 3.8) is 0 Å². The molecule has 0 saturated heterocycles. The predicted molar refractivity (Wildman–Crippen MR) is 105 cm³/mol. The van der Waals surface area contributed by atoms with E-state index in [-0.39, 0.29) is 30.5 Å². The van der Waals surface area contributed by atoms with Crippen molar-refractivity contribution in [2.45, 2.75) is 32.9 Å². The zero-order valence-electron chi connectivity index (χ0n) is 14.9. The van der Waals surface area contributed by atoms with Gasteiger partial charge in [0.1, 0.15) is 4.83 Å². The van der Waals surface area contributed by atoms with Gasteiger partial charge in [0, 0.05) is 36.5 Å². The third kappa shape index (κ3) is 3.84. The molecule has 1 amide bonds. The van der Waals surface area contributed by atoms with E-state index >= 15 is 0 Å². The van der Waals surface area contributed by atoms with Gasteiger partial charge in [0.15, 0.2) is 0 Å². The number of aromatic nitrogens is 2. The average Bonchev–Trinajstić information content (AvgIpc) is 3.06. The number of nitrogens with zero attached hydrogens (tertiary/aromatic N) is 2. The molecule has 0 unspecified atom stereocenters. The first kappa shape index (κ1) is 18.3. The van der Waals surface area contributed by atoms with Gasteiger partial charge in [-0.3, -0.25) is 14.2 Å². The Kier molecular flexibility index (Phi) is 5.49. The van der Waals surface area contributed by atoms with Gasteiger partial charge in [-0.2, -0.15) is 0 Å². The molecule has 0 saturated carbocycles. The van der Waals surface area contributed by atoms with Gasteiger partial charge in [0.05, 0.1) is 11.7 Å². The maximum Gasteiger partial charge on any atom is 0.262 e. The van der Waals surface area contributed by atoms with Gasteiger partial charge in [-0.1, -0.05) is 29.8 Å². The van der Waals surface area contributed by atoms with Crippen LogP contribution in [0.2, 0.25) is 0 Å². The zero-order valence-corrected chi connectivity index (χ0v) is 15.7. The van der Waals surface area contributed by atoms with Crippen LogP contribution in [0.25, 0.3) is 21.3 Å². The van der Waals surface area contributed by atoms with Crippen LogP contribution in [-0.2, 0) is 11.3 Å². The lowest BCUT2D eigenvalue weighted by Gasteiger charge is -2.11. The minimum Gasteiger partial charge on any atom is -0.352 e. The Hall–Kier alpha value is -2.51. The number of benzene rings is 1. The fourth-order valence-electron chi connectivity index (χ4n) is 2.70. The monoisotopic (exact) mass is 370 g/mol. The normalized spacial score (nSPS) is 12.3. The molecule has 2 aromatic heterocycles. The van der Waals surface area contributed by atoms with Crippen molar-refractivity contribution in [2.24, 2.45) is 5.73 Å². The summed E-state index contributed by atoms with van der Waals surface area (Å²) in [6.45, 7) is 4.54. The highest BCUT2D eigenvalue weighted by Crippen LogP contribution is 2.30.